The Morgan fingerprint density at radius 3 is 2.50 bits per heavy atom. The molecule has 0 bridgehead atoms. The number of halogens is 2. The molecule has 1 aromatic carbocycles. The van der Waals surface area contributed by atoms with E-state index >= 15 is 0 Å². The lowest BCUT2D eigenvalue weighted by Gasteiger charge is -2.03. The topological polar surface area (TPSA) is 83.6 Å². The number of nitrogens with zero attached hydrogens (tertiary/aromatic N) is 1. The van der Waals surface area contributed by atoms with E-state index in [9.17, 15) is 14.5 Å². The van der Waals surface area contributed by atoms with E-state index in [0.29, 0.717) is 6.07 Å². The first-order valence-electron chi connectivity index (χ1n) is 3.43. The molecule has 0 fully saturated rings. The summed E-state index contributed by atoms with van der Waals surface area (Å²) in [7, 11) is -1.96. The molecule has 0 aliphatic carbocycles. The van der Waals surface area contributed by atoms with Gasteiger partial charge in [0.1, 0.15) is 5.82 Å². The predicted octanol–water partition coefficient (Wildman–Crippen LogP) is 0.176. The Bertz CT molecular complexity index is 386. The number of non-ortho nitro benzene ring substituents is 1. The lowest BCUT2D eigenvalue weighted by atomic mass is 9.80. The summed E-state index contributed by atoms with van der Waals surface area (Å²) in [4.78, 5) is 9.48. The highest BCUT2D eigenvalue weighted by Crippen LogP contribution is 2.19. The average molecular weight is 264 g/mol. The Labute approximate surface area is 86.6 Å². The minimum absolute atomic E-state index is 0.196. The molecule has 0 saturated heterocycles. The fourth-order valence-corrected chi connectivity index (χ4v) is 1.32. The molecule has 5 nitrogen and oxygen atoms in total. The van der Waals surface area contributed by atoms with Gasteiger partial charge in [-0.3, -0.25) is 10.1 Å². The molecule has 0 aliphatic heterocycles. The highest BCUT2D eigenvalue weighted by molar-refractivity contribution is 9.10. The van der Waals surface area contributed by atoms with Crippen molar-refractivity contribution in [1.82, 2.24) is 0 Å². The zero-order valence-electron chi connectivity index (χ0n) is 6.65. The number of nitro benzene ring substituents is 1. The van der Waals surface area contributed by atoms with E-state index in [4.69, 9.17) is 10.0 Å². The average Bonchev–Trinajstić information content (AvgIpc) is 2.08. The van der Waals surface area contributed by atoms with E-state index in [1.165, 1.54) is 0 Å². The van der Waals surface area contributed by atoms with Crippen molar-refractivity contribution >= 4 is 34.2 Å². The van der Waals surface area contributed by atoms with Gasteiger partial charge in [-0.1, -0.05) is 0 Å². The summed E-state index contributed by atoms with van der Waals surface area (Å²) < 4.78 is 12.8. The highest BCUT2D eigenvalue weighted by Gasteiger charge is 2.22. The van der Waals surface area contributed by atoms with Crippen LogP contribution in [0.15, 0.2) is 16.6 Å². The molecule has 0 heterocycles. The summed E-state index contributed by atoms with van der Waals surface area (Å²) in [5.41, 5.74) is -0.814. The molecule has 0 unspecified atom stereocenters. The van der Waals surface area contributed by atoms with Crippen molar-refractivity contribution < 1.29 is 19.4 Å². The molecule has 0 radical (unpaired) electrons. The zero-order chi connectivity index (χ0) is 10.9. The van der Waals surface area contributed by atoms with Crippen molar-refractivity contribution in [3.8, 4) is 0 Å². The third-order valence-electron chi connectivity index (χ3n) is 1.53. The number of hydrogen-bond acceptors (Lipinski definition) is 4. The van der Waals surface area contributed by atoms with E-state index in [2.05, 4.69) is 15.9 Å². The Morgan fingerprint density at radius 2 is 2.07 bits per heavy atom. The van der Waals surface area contributed by atoms with E-state index in [-0.39, 0.29) is 9.94 Å². The first-order chi connectivity index (χ1) is 6.43. The molecule has 1 rings (SSSR count). The zero-order valence-corrected chi connectivity index (χ0v) is 8.23. The molecule has 2 N–H and O–H groups in total. The van der Waals surface area contributed by atoms with Crippen LogP contribution in [0.5, 0.6) is 0 Å². The van der Waals surface area contributed by atoms with Gasteiger partial charge in [-0.05, 0) is 15.9 Å². The van der Waals surface area contributed by atoms with Crippen molar-refractivity contribution in [1.29, 1.82) is 0 Å². The Hall–Kier alpha value is -0.985. The van der Waals surface area contributed by atoms with Gasteiger partial charge in [0.2, 0.25) is 0 Å². The van der Waals surface area contributed by atoms with Crippen LogP contribution < -0.4 is 5.46 Å². The molecule has 74 valence electrons. The molecule has 0 spiro atoms. The molecule has 1 aromatic rings. The lowest BCUT2D eigenvalue weighted by molar-refractivity contribution is -0.385. The summed E-state index contributed by atoms with van der Waals surface area (Å²) in [6.07, 6.45) is 0. The normalized spacial score (nSPS) is 10.0. The number of rotatable bonds is 2. The fraction of sp³-hybridized carbons (Fsp3) is 0. The van der Waals surface area contributed by atoms with E-state index in [0.717, 1.165) is 6.07 Å². The summed E-state index contributed by atoms with van der Waals surface area (Å²) in [6.45, 7) is 0. The van der Waals surface area contributed by atoms with Crippen molar-refractivity contribution in [2.45, 2.75) is 0 Å². The number of hydrogen-bond donors (Lipinski definition) is 2. The Kier molecular flexibility index (Phi) is 3.19. The Morgan fingerprint density at radius 1 is 1.50 bits per heavy atom. The molecular weight excluding hydrogens is 260 g/mol. The van der Waals surface area contributed by atoms with Gasteiger partial charge in [-0.2, -0.15) is 0 Å². The molecule has 0 aliphatic rings. The van der Waals surface area contributed by atoms with Crippen LogP contribution in [-0.4, -0.2) is 22.1 Å². The lowest BCUT2D eigenvalue weighted by Crippen LogP contribution is -2.31. The third-order valence-corrected chi connectivity index (χ3v) is 2.37. The summed E-state index contributed by atoms with van der Waals surface area (Å²) in [6, 6.07) is 1.58. The second-order valence-electron chi connectivity index (χ2n) is 2.46. The molecular formula is C6H4BBrFNO4. The molecule has 0 saturated carbocycles. The minimum atomic E-state index is -1.96. The second kappa shape index (κ2) is 4.03. The fourth-order valence-electron chi connectivity index (χ4n) is 0.889. The summed E-state index contributed by atoms with van der Waals surface area (Å²) in [5.74, 6) is -0.915. The molecule has 0 amide bonds. The predicted molar refractivity (Wildman–Crippen MR) is 50.6 cm³/mol. The maximum Gasteiger partial charge on any atom is 0.489 e. The van der Waals surface area contributed by atoms with Gasteiger partial charge in [0, 0.05) is 11.5 Å². The van der Waals surface area contributed by atoms with Crippen LogP contribution in [0.1, 0.15) is 0 Å². The second-order valence-corrected chi connectivity index (χ2v) is 3.25. The third kappa shape index (κ3) is 2.09. The van der Waals surface area contributed by atoms with E-state index in [1.54, 1.807) is 0 Å². The van der Waals surface area contributed by atoms with Crippen LogP contribution in [-0.2, 0) is 0 Å². The van der Waals surface area contributed by atoms with Gasteiger partial charge < -0.3 is 10.0 Å². The van der Waals surface area contributed by atoms with Crippen LogP contribution >= 0.6 is 15.9 Å². The minimum Gasteiger partial charge on any atom is -0.423 e. The Balaban J connectivity index is 3.35. The van der Waals surface area contributed by atoms with E-state index < -0.39 is 23.5 Å². The highest BCUT2D eigenvalue weighted by atomic mass is 79.9. The van der Waals surface area contributed by atoms with Gasteiger partial charge in [0.15, 0.2) is 0 Å². The van der Waals surface area contributed by atoms with Gasteiger partial charge in [0.25, 0.3) is 5.69 Å². The van der Waals surface area contributed by atoms with Crippen LogP contribution in [0, 0.1) is 15.9 Å². The van der Waals surface area contributed by atoms with Crippen molar-refractivity contribution in [3.05, 3.63) is 32.5 Å². The number of benzene rings is 1. The summed E-state index contributed by atoms with van der Waals surface area (Å²) >= 11 is 2.75. The van der Waals surface area contributed by atoms with Crippen molar-refractivity contribution in [2.24, 2.45) is 0 Å². The number of nitro groups is 1. The van der Waals surface area contributed by atoms with Crippen LogP contribution in [0.2, 0.25) is 0 Å². The van der Waals surface area contributed by atoms with Crippen molar-refractivity contribution in [2.75, 3.05) is 0 Å². The first-order valence-corrected chi connectivity index (χ1v) is 4.22. The molecule has 0 atom stereocenters. The first kappa shape index (κ1) is 11.1. The van der Waals surface area contributed by atoms with Gasteiger partial charge >= 0.3 is 7.12 Å². The van der Waals surface area contributed by atoms with Crippen molar-refractivity contribution in [3.63, 3.8) is 0 Å². The van der Waals surface area contributed by atoms with Crippen LogP contribution in [0.3, 0.4) is 0 Å². The molecule has 14 heavy (non-hydrogen) atoms. The van der Waals surface area contributed by atoms with Gasteiger partial charge in [0.05, 0.1) is 15.5 Å². The monoisotopic (exact) mass is 263 g/mol. The van der Waals surface area contributed by atoms with Gasteiger partial charge in [-0.25, -0.2) is 4.39 Å². The van der Waals surface area contributed by atoms with Crippen LogP contribution in [0.25, 0.3) is 0 Å². The standard InChI is InChI=1S/C6H4BBrFNO4/c8-6-4(7(11)12)1-3(10(13)14)2-5(6)9/h1-2,11-12H. The SMILES string of the molecule is O=[N+]([O-])c1cc(F)c(Br)c(B(O)O)c1. The van der Waals surface area contributed by atoms with E-state index in [1.807, 2.05) is 0 Å². The molecule has 0 aromatic heterocycles. The quantitative estimate of drug-likeness (QED) is 0.453. The largest absolute Gasteiger partial charge is 0.489 e. The van der Waals surface area contributed by atoms with Gasteiger partial charge in [-0.15, -0.1) is 0 Å². The van der Waals surface area contributed by atoms with Crippen LogP contribution in [0.4, 0.5) is 10.1 Å². The summed E-state index contributed by atoms with van der Waals surface area (Å²) in [5, 5.41) is 27.8. The maximum atomic E-state index is 13.0. The maximum absolute atomic E-state index is 13.0. The smallest absolute Gasteiger partial charge is 0.423 e. The molecule has 8 heteroatoms.